The van der Waals surface area contributed by atoms with Gasteiger partial charge in [-0.1, -0.05) is 30.3 Å². The van der Waals surface area contributed by atoms with Gasteiger partial charge in [0.1, 0.15) is 0 Å². The van der Waals surface area contributed by atoms with Crippen molar-refractivity contribution in [3.05, 3.63) is 65.0 Å². The Kier molecular flexibility index (Phi) is 4.66. The summed E-state index contributed by atoms with van der Waals surface area (Å²) in [6.07, 6.45) is 8.58. The molecule has 5 heteroatoms. The third kappa shape index (κ3) is 3.35. The fourth-order valence-electron chi connectivity index (χ4n) is 4.92. The molecule has 5 nitrogen and oxygen atoms in total. The largest absolute Gasteiger partial charge is 0.342 e. The quantitative estimate of drug-likeness (QED) is 0.679. The molecule has 2 aliphatic rings. The van der Waals surface area contributed by atoms with E-state index in [2.05, 4.69) is 34.5 Å². The molecule has 1 N–H and O–H groups in total. The van der Waals surface area contributed by atoms with Gasteiger partial charge in [-0.05, 0) is 59.6 Å². The van der Waals surface area contributed by atoms with Crippen molar-refractivity contribution < 1.29 is 9.59 Å². The van der Waals surface area contributed by atoms with Crippen molar-refractivity contribution in [1.82, 2.24) is 15.1 Å². The van der Waals surface area contributed by atoms with Gasteiger partial charge in [-0.3, -0.25) is 14.7 Å². The van der Waals surface area contributed by atoms with Crippen LogP contribution in [0.3, 0.4) is 0 Å². The van der Waals surface area contributed by atoms with Crippen molar-refractivity contribution in [3.63, 3.8) is 0 Å². The number of rotatable bonds is 5. The van der Waals surface area contributed by atoms with Gasteiger partial charge in [0.2, 0.25) is 5.91 Å². The molecule has 1 aliphatic carbocycles. The third-order valence-electron chi connectivity index (χ3n) is 6.47. The van der Waals surface area contributed by atoms with Crippen LogP contribution in [0.1, 0.15) is 46.3 Å². The number of nitrogens with one attached hydrogen (secondary N) is 1. The molecule has 0 saturated carbocycles. The second-order valence-electron chi connectivity index (χ2n) is 8.26. The smallest absolute Gasteiger partial charge is 0.222 e. The Balaban J connectivity index is 1.33. The number of hydrogen-bond acceptors (Lipinski definition) is 3. The van der Waals surface area contributed by atoms with Crippen molar-refractivity contribution in [2.75, 3.05) is 13.1 Å². The van der Waals surface area contributed by atoms with Crippen LogP contribution in [0.15, 0.2) is 42.7 Å². The van der Waals surface area contributed by atoms with Crippen LogP contribution < -0.4 is 0 Å². The molecular formula is C24H25N3O2. The number of hydrogen-bond donors (Lipinski definition) is 1. The maximum absolute atomic E-state index is 13.4. The van der Waals surface area contributed by atoms with Crippen LogP contribution in [0.25, 0.3) is 10.8 Å². The van der Waals surface area contributed by atoms with Crippen LogP contribution in [0.5, 0.6) is 0 Å². The van der Waals surface area contributed by atoms with E-state index in [1.807, 2.05) is 17.2 Å². The first-order valence-electron chi connectivity index (χ1n) is 10.5. The number of aromatic amines is 1. The Labute approximate surface area is 170 Å². The number of ketones is 1. The van der Waals surface area contributed by atoms with E-state index < -0.39 is 0 Å². The summed E-state index contributed by atoms with van der Waals surface area (Å²) in [5, 5.41) is 9.08. The Bertz CT molecular complexity index is 1060. The molecule has 29 heavy (non-hydrogen) atoms. The van der Waals surface area contributed by atoms with Gasteiger partial charge in [0, 0.05) is 37.2 Å². The Morgan fingerprint density at radius 1 is 1.14 bits per heavy atom. The highest BCUT2D eigenvalue weighted by Crippen LogP contribution is 2.34. The summed E-state index contributed by atoms with van der Waals surface area (Å²) in [5.41, 5.74) is 4.57. The van der Waals surface area contributed by atoms with E-state index in [4.69, 9.17) is 0 Å². The van der Waals surface area contributed by atoms with Gasteiger partial charge in [0.15, 0.2) is 5.78 Å². The number of nitrogens with zero attached hydrogens (tertiary/aromatic N) is 2. The van der Waals surface area contributed by atoms with E-state index in [0.717, 1.165) is 48.7 Å². The van der Waals surface area contributed by atoms with Crippen molar-refractivity contribution in [2.45, 2.75) is 38.5 Å². The summed E-state index contributed by atoms with van der Waals surface area (Å²) in [4.78, 5) is 28.0. The van der Waals surface area contributed by atoms with Gasteiger partial charge in [0.05, 0.1) is 6.20 Å². The molecule has 0 radical (unpaired) electrons. The zero-order chi connectivity index (χ0) is 19.8. The predicted molar refractivity (Wildman–Crippen MR) is 112 cm³/mol. The minimum absolute atomic E-state index is 0.111. The molecule has 1 atom stereocenters. The summed E-state index contributed by atoms with van der Waals surface area (Å²) < 4.78 is 0. The van der Waals surface area contributed by atoms with Crippen molar-refractivity contribution >= 4 is 22.5 Å². The minimum atomic E-state index is -0.111. The number of Topliss-reactive ketones (excluding diaryl/α,β-unsaturated/α-hetero) is 1. The first kappa shape index (κ1) is 18.1. The first-order chi connectivity index (χ1) is 14.2. The number of carbonyl (C=O) groups is 2. The number of carbonyl (C=O) groups excluding carboxylic acids is 2. The van der Waals surface area contributed by atoms with E-state index in [-0.39, 0.29) is 17.6 Å². The van der Waals surface area contributed by atoms with Gasteiger partial charge in [-0.25, -0.2) is 0 Å². The van der Waals surface area contributed by atoms with E-state index in [1.54, 1.807) is 6.20 Å². The average molecular weight is 387 g/mol. The number of likely N-dealkylation sites (tertiary alicyclic amines) is 1. The molecule has 1 aliphatic heterocycles. The lowest BCUT2D eigenvalue weighted by atomic mass is 9.87. The number of aryl methyl sites for hydroxylation is 3. The maximum Gasteiger partial charge on any atom is 0.222 e. The summed E-state index contributed by atoms with van der Waals surface area (Å²) >= 11 is 0. The van der Waals surface area contributed by atoms with Gasteiger partial charge < -0.3 is 4.90 Å². The zero-order valence-electron chi connectivity index (χ0n) is 16.5. The fourth-order valence-corrected chi connectivity index (χ4v) is 4.92. The van der Waals surface area contributed by atoms with E-state index in [1.165, 1.54) is 16.5 Å². The fraction of sp³-hybridized carbons (Fsp3) is 0.375. The predicted octanol–water partition coefficient (Wildman–Crippen LogP) is 3.72. The molecule has 0 unspecified atom stereocenters. The van der Waals surface area contributed by atoms with Crippen LogP contribution in [-0.2, 0) is 24.1 Å². The minimum Gasteiger partial charge on any atom is -0.342 e. The molecule has 3 aromatic rings. The van der Waals surface area contributed by atoms with Crippen LogP contribution in [0, 0.1) is 5.92 Å². The zero-order valence-corrected chi connectivity index (χ0v) is 16.5. The van der Waals surface area contributed by atoms with E-state index >= 15 is 0 Å². The van der Waals surface area contributed by atoms with Crippen LogP contribution in [0.2, 0.25) is 0 Å². The lowest BCUT2D eigenvalue weighted by molar-refractivity contribution is -0.132. The number of amides is 1. The molecule has 2 heterocycles. The summed E-state index contributed by atoms with van der Waals surface area (Å²) in [7, 11) is 0. The monoisotopic (exact) mass is 387 g/mol. The first-order valence-corrected chi connectivity index (χ1v) is 10.5. The van der Waals surface area contributed by atoms with Crippen molar-refractivity contribution in [2.24, 2.45) is 5.92 Å². The Morgan fingerprint density at radius 3 is 2.83 bits per heavy atom. The van der Waals surface area contributed by atoms with Gasteiger partial charge >= 0.3 is 0 Å². The van der Waals surface area contributed by atoms with Crippen LogP contribution >= 0.6 is 0 Å². The Hall–Kier alpha value is -2.95. The molecule has 0 bridgehead atoms. The van der Waals surface area contributed by atoms with E-state index in [0.29, 0.717) is 19.4 Å². The molecule has 1 amide bonds. The molecule has 1 aromatic heterocycles. The third-order valence-corrected chi connectivity index (χ3v) is 6.47. The molecule has 0 spiro atoms. The van der Waals surface area contributed by atoms with Crippen molar-refractivity contribution in [1.29, 1.82) is 0 Å². The Morgan fingerprint density at radius 2 is 2.00 bits per heavy atom. The SMILES string of the molecule is O=C(c1ccc2c3c(cccc13)CC2)[C@H]1CCCN(C(=O)CCc2cn[nH]c2)C1. The topological polar surface area (TPSA) is 66.1 Å². The lowest BCUT2D eigenvalue weighted by Gasteiger charge is -2.32. The molecule has 148 valence electrons. The maximum atomic E-state index is 13.4. The van der Waals surface area contributed by atoms with Gasteiger partial charge in [0.25, 0.3) is 0 Å². The second kappa shape index (κ2) is 7.47. The molecule has 5 rings (SSSR count). The normalized spacial score (nSPS) is 18.3. The molecule has 1 saturated heterocycles. The van der Waals surface area contributed by atoms with Crippen LogP contribution in [0.4, 0.5) is 0 Å². The average Bonchev–Trinajstić information content (AvgIpc) is 3.43. The number of benzene rings is 2. The molecule has 2 aromatic carbocycles. The van der Waals surface area contributed by atoms with Gasteiger partial charge in [-0.15, -0.1) is 0 Å². The molecular weight excluding hydrogens is 362 g/mol. The highest BCUT2D eigenvalue weighted by Gasteiger charge is 2.30. The summed E-state index contributed by atoms with van der Waals surface area (Å²) in [6.45, 7) is 1.28. The standard InChI is InChI=1S/C24H25N3O2/c28-22(11-6-16-13-25-26-14-16)27-12-2-4-19(15-27)24(29)21-10-9-18-8-7-17-3-1-5-20(21)23(17)18/h1,3,5,9-10,13-14,19H,2,4,6-8,11-12,15H2,(H,25,26)/t19-/m0/s1. The summed E-state index contributed by atoms with van der Waals surface area (Å²) in [6, 6.07) is 10.5. The van der Waals surface area contributed by atoms with Gasteiger partial charge in [-0.2, -0.15) is 5.10 Å². The highest BCUT2D eigenvalue weighted by molar-refractivity contribution is 6.11. The van der Waals surface area contributed by atoms with Crippen molar-refractivity contribution in [3.8, 4) is 0 Å². The summed E-state index contributed by atoms with van der Waals surface area (Å²) in [5.74, 6) is 0.206. The highest BCUT2D eigenvalue weighted by atomic mass is 16.2. The molecule has 1 fully saturated rings. The number of aromatic nitrogens is 2. The van der Waals surface area contributed by atoms with Crippen LogP contribution in [-0.4, -0.2) is 39.9 Å². The lowest BCUT2D eigenvalue weighted by Crippen LogP contribution is -2.42. The number of piperidine rings is 1. The van der Waals surface area contributed by atoms with E-state index in [9.17, 15) is 9.59 Å². The number of H-pyrrole nitrogens is 1. The second-order valence-corrected chi connectivity index (χ2v) is 8.26.